The normalized spacial score (nSPS) is 15.4. The maximum Gasteiger partial charge on any atom is 0.326 e. The van der Waals surface area contributed by atoms with Gasteiger partial charge in [-0.1, -0.05) is 11.6 Å². The predicted octanol–water partition coefficient (Wildman–Crippen LogP) is 2.21. The molecule has 114 valence electrons. The Hall–Kier alpha value is -1.82. The molecule has 2 rings (SSSR count). The Kier molecular flexibility index (Phi) is 4.67. The Balaban J connectivity index is 2.25. The van der Waals surface area contributed by atoms with Crippen molar-refractivity contribution in [2.45, 2.75) is 38.8 Å². The summed E-state index contributed by atoms with van der Waals surface area (Å²) in [5.74, 6) is -1.13. The molecule has 0 bridgehead atoms. The van der Waals surface area contributed by atoms with Crippen molar-refractivity contribution in [2.75, 3.05) is 6.61 Å². The number of halogens is 1. The third-order valence-corrected chi connectivity index (χ3v) is 3.56. The summed E-state index contributed by atoms with van der Waals surface area (Å²) in [7, 11) is 0. The highest BCUT2D eigenvalue weighted by atomic mass is 35.5. The highest BCUT2D eigenvalue weighted by Gasteiger charge is 2.39. The molecule has 0 aromatic carbocycles. The predicted molar refractivity (Wildman–Crippen MR) is 76.7 cm³/mol. The van der Waals surface area contributed by atoms with Gasteiger partial charge in [-0.25, -0.2) is 9.78 Å². The van der Waals surface area contributed by atoms with Gasteiger partial charge in [0.15, 0.2) is 0 Å². The summed E-state index contributed by atoms with van der Waals surface area (Å²) in [5, 5.41) is 9.38. The fourth-order valence-electron chi connectivity index (χ4n) is 2.06. The van der Waals surface area contributed by atoms with Crippen LogP contribution in [-0.2, 0) is 4.79 Å². The number of carbonyl (C=O) groups is 2. The lowest BCUT2D eigenvalue weighted by Crippen LogP contribution is -2.44. The molecule has 1 amide bonds. The summed E-state index contributed by atoms with van der Waals surface area (Å²) in [4.78, 5) is 29.1. The molecule has 1 unspecified atom stereocenters. The van der Waals surface area contributed by atoms with Crippen LogP contribution in [0.2, 0.25) is 5.02 Å². The van der Waals surface area contributed by atoms with Gasteiger partial charge in [0, 0.05) is 12.2 Å². The van der Waals surface area contributed by atoms with E-state index in [-0.39, 0.29) is 28.4 Å². The number of rotatable bonds is 6. The smallest absolute Gasteiger partial charge is 0.326 e. The van der Waals surface area contributed by atoms with Crippen molar-refractivity contribution in [2.24, 2.45) is 0 Å². The lowest BCUT2D eigenvalue weighted by Gasteiger charge is -2.26. The fourth-order valence-corrected chi connectivity index (χ4v) is 2.28. The third-order valence-electron chi connectivity index (χ3n) is 3.28. The van der Waals surface area contributed by atoms with Gasteiger partial charge in [-0.15, -0.1) is 0 Å². The van der Waals surface area contributed by atoms with Crippen molar-refractivity contribution in [1.29, 1.82) is 0 Å². The van der Waals surface area contributed by atoms with Crippen LogP contribution in [0, 0.1) is 0 Å². The zero-order valence-corrected chi connectivity index (χ0v) is 12.6. The Bertz CT molecular complexity index is 560. The second kappa shape index (κ2) is 6.30. The van der Waals surface area contributed by atoms with Gasteiger partial charge in [0.1, 0.15) is 11.1 Å². The standard InChI is InChI=1S/C14H17ClN2O4/c1-3-21-12-11(15)6-9(7-16-12)13(18)17(10-4-5-10)8(2)14(19)20/h6-8,10H,3-5H2,1-2H3,(H,19,20). The molecule has 0 spiro atoms. The highest BCUT2D eigenvalue weighted by molar-refractivity contribution is 6.32. The molecule has 1 heterocycles. The average Bonchev–Trinajstić information content (AvgIpc) is 3.25. The van der Waals surface area contributed by atoms with Crippen LogP contribution in [0.1, 0.15) is 37.0 Å². The molecule has 1 saturated carbocycles. The minimum Gasteiger partial charge on any atom is -0.480 e. The maximum atomic E-state index is 12.5. The Morgan fingerprint density at radius 2 is 2.24 bits per heavy atom. The summed E-state index contributed by atoms with van der Waals surface area (Å²) in [6.45, 7) is 3.73. The van der Waals surface area contributed by atoms with Gasteiger partial charge in [0.2, 0.25) is 5.88 Å². The van der Waals surface area contributed by atoms with Crippen molar-refractivity contribution >= 4 is 23.5 Å². The zero-order valence-electron chi connectivity index (χ0n) is 11.9. The molecule has 1 aliphatic carbocycles. The number of aliphatic carboxylic acids is 1. The number of ether oxygens (including phenoxy) is 1. The van der Waals surface area contributed by atoms with Gasteiger partial charge in [-0.2, -0.15) is 0 Å². The van der Waals surface area contributed by atoms with Crippen molar-refractivity contribution in [1.82, 2.24) is 9.88 Å². The van der Waals surface area contributed by atoms with E-state index in [9.17, 15) is 9.59 Å². The first-order chi connectivity index (χ1) is 9.95. The molecule has 1 aliphatic rings. The topological polar surface area (TPSA) is 79.7 Å². The molecule has 1 aromatic heterocycles. The van der Waals surface area contributed by atoms with E-state index in [1.165, 1.54) is 24.1 Å². The van der Waals surface area contributed by atoms with Crippen LogP contribution in [0.5, 0.6) is 5.88 Å². The third kappa shape index (κ3) is 3.44. The lowest BCUT2D eigenvalue weighted by atomic mass is 10.2. The molecule has 0 radical (unpaired) electrons. The van der Waals surface area contributed by atoms with Crippen LogP contribution >= 0.6 is 11.6 Å². The van der Waals surface area contributed by atoms with E-state index in [0.29, 0.717) is 6.61 Å². The molecule has 1 atom stereocenters. The van der Waals surface area contributed by atoms with E-state index in [0.717, 1.165) is 12.8 Å². The van der Waals surface area contributed by atoms with Gasteiger partial charge >= 0.3 is 5.97 Å². The van der Waals surface area contributed by atoms with Crippen LogP contribution in [0.25, 0.3) is 0 Å². The highest BCUT2D eigenvalue weighted by Crippen LogP contribution is 2.31. The van der Waals surface area contributed by atoms with Crippen LogP contribution in [-0.4, -0.2) is 45.6 Å². The van der Waals surface area contributed by atoms with Gasteiger partial charge < -0.3 is 14.7 Å². The minimum absolute atomic E-state index is 0.0195. The number of carboxylic acid groups (broad SMARTS) is 1. The van der Waals surface area contributed by atoms with E-state index in [2.05, 4.69) is 4.98 Å². The van der Waals surface area contributed by atoms with Crippen LogP contribution in [0.15, 0.2) is 12.3 Å². The largest absolute Gasteiger partial charge is 0.480 e. The number of hydrogen-bond donors (Lipinski definition) is 1. The van der Waals surface area contributed by atoms with Crippen molar-refractivity contribution < 1.29 is 19.4 Å². The average molecular weight is 313 g/mol. The monoisotopic (exact) mass is 312 g/mol. The second-order valence-electron chi connectivity index (χ2n) is 4.90. The minimum atomic E-state index is -1.03. The first-order valence-electron chi connectivity index (χ1n) is 6.79. The van der Waals surface area contributed by atoms with Crippen LogP contribution in [0.4, 0.5) is 0 Å². The Morgan fingerprint density at radius 3 is 2.71 bits per heavy atom. The molecular formula is C14H17ClN2O4. The molecular weight excluding hydrogens is 296 g/mol. The number of nitrogens with zero attached hydrogens (tertiary/aromatic N) is 2. The molecule has 1 fully saturated rings. The molecule has 1 aromatic rings. The van der Waals surface area contributed by atoms with E-state index in [4.69, 9.17) is 21.4 Å². The summed E-state index contributed by atoms with van der Waals surface area (Å²) < 4.78 is 5.22. The number of carbonyl (C=O) groups excluding carboxylic acids is 1. The van der Waals surface area contributed by atoms with E-state index in [1.54, 1.807) is 6.92 Å². The number of aromatic nitrogens is 1. The first kappa shape index (κ1) is 15.6. The molecule has 1 N–H and O–H groups in total. The first-order valence-corrected chi connectivity index (χ1v) is 7.17. The Morgan fingerprint density at radius 1 is 1.57 bits per heavy atom. The quantitative estimate of drug-likeness (QED) is 0.871. The lowest BCUT2D eigenvalue weighted by molar-refractivity contribution is -0.141. The molecule has 21 heavy (non-hydrogen) atoms. The van der Waals surface area contributed by atoms with Gasteiger partial charge in [0.25, 0.3) is 5.91 Å². The number of pyridine rings is 1. The van der Waals surface area contributed by atoms with E-state index >= 15 is 0 Å². The van der Waals surface area contributed by atoms with Gasteiger partial charge in [-0.05, 0) is 32.8 Å². The zero-order chi connectivity index (χ0) is 15.6. The van der Waals surface area contributed by atoms with Gasteiger partial charge in [-0.3, -0.25) is 4.79 Å². The van der Waals surface area contributed by atoms with Crippen LogP contribution < -0.4 is 4.74 Å². The molecule has 0 saturated heterocycles. The van der Waals surface area contributed by atoms with Crippen molar-refractivity contribution in [3.8, 4) is 5.88 Å². The second-order valence-corrected chi connectivity index (χ2v) is 5.31. The van der Waals surface area contributed by atoms with Gasteiger partial charge in [0.05, 0.1) is 12.2 Å². The number of hydrogen-bond acceptors (Lipinski definition) is 4. The number of carboxylic acids is 1. The van der Waals surface area contributed by atoms with E-state index < -0.39 is 12.0 Å². The summed E-state index contributed by atoms with van der Waals surface area (Å²) >= 11 is 6.02. The Labute approximate surface area is 127 Å². The van der Waals surface area contributed by atoms with Crippen molar-refractivity contribution in [3.63, 3.8) is 0 Å². The number of amides is 1. The van der Waals surface area contributed by atoms with Crippen molar-refractivity contribution in [3.05, 3.63) is 22.8 Å². The maximum absolute atomic E-state index is 12.5. The summed E-state index contributed by atoms with van der Waals surface area (Å²) in [5.41, 5.74) is 0.267. The summed E-state index contributed by atoms with van der Waals surface area (Å²) in [6, 6.07) is 0.565. The van der Waals surface area contributed by atoms with E-state index in [1.807, 2.05) is 0 Å². The molecule has 0 aliphatic heterocycles. The van der Waals surface area contributed by atoms with Crippen LogP contribution in [0.3, 0.4) is 0 Å². The fraction of sp³-hybridized carbons (Fsp3) is 0.500. The molecule has 7 heteroatoms. The molecule has 6 nitrogen and oxygen atoms in total. The summed E-state index contributed by atoms with van der Waals surface area (Å²) in [6.07, 6.45) is 3.01. The SMILES string of the molecule is CCOc1ncc(C(=O)N(C2CC2)C(C)C(=O)O)cc1Cl.